The molecule has 0 saturated heterocycles. The maximum atomic E-state index is 11.7. The highest BCUT2D eigenvalue weighted by Gasteiger charge is 2.14. The molecule has 0 spiro atoms. The van der Waals surface area contributed by atoms with Crippen LogP contribution >= 0.6 is 0 Å². The number of hydrogen-bond acceptors (Lipinski definition) is 5. The van der Waals surface area contributed by atoms with Gasteiger partial charge in [0.05, 0.1) is 5.56 Å². The van der Waals surface area contributed by atoms with Gasteiger partial charge in [-0.25, -0.2) is 9.59 Å². The fourth-order valence-electron chi connectivity index (χ4n) is 1.41. The topological polar surface area (TPSA) is 133 Å². The van der Waals surface area contributed by atoms with Crippen LogP contribution < -0.4 is 22.3 Å². The summed E-state index contributed by atoms with van der Waals surface area (Å²) in [7, 11) is 1.18. The highest BCUT2D eigenvalue weighted by atomic mass is 16.2. The summed E-state index contributed by atoms with van der Waals surface area (Å²) in [5.41, 5.74) is 2.99. The normalized spacial score (nSPS) is 10.0. The molecule has 19 heavy (non-hydrogen) atoms. The number of carbonyl (C=O) groups excluding carboxylic acids is 3. The molecule has 1 aromatic rings. The molecule has 0 aliphatic heterocycles. The highest BCUT2D eigenvalue weighted by molar-refractivity contribution is 5.94. The van der Waals surface area contributed by atoms with Gasteiger partial charge < -0.3 is 5.73 Å². The Labute approximate surface area is 106 Å². The van der Waals surface area contributed by atoms with Crippen molar-refractivity contribution in [1.29, 1.82) is 0 Å². The van der Waals surface area contributed by atoms with Crippen LogP contribution in [0, 0.1) is 0 Å². The van der Waals surface area contributed by atoms with Gasteiger partial charge in [-0.1, -0.05) is 0 Å². The zero-order valence-corrected chi connectivity index (χ0v) is 10.3. The van der Waals surface area contributed by atoms with E-state index in [1.54, 1.807) is 5.32 Å². The SMILES string of the molecule is CC(=O)c1cn(CC(=O)NC(N)=O)c(=O)n(C)c1=O. The average molecular weight is 268 g/mol. The first kappa shape index (κ1) is 14.4. The molecule has 0 aliphatic carbocycles. The molecule has 0 radical (unpaired) electrons. The van der Waals surface area contributed by atoms with E-state index in [-0.39, 0.29) is 5.56 Å². The number of imide groups is 1. The Morgan fingerprint density at radius 1 is 1.32 bits per heavy atom. The predicted molar refractivity (Wildman–Crippen MR) is 63.7 cm³/mol. The third kappa shape index (κ3) is 3.15. The zero-order chi connectivity index (χ0) is 14.7. The molecule has 0 bridgehead atoms. The monoisotopic (exact) mass is 268 g/mol. The second kappa shape index (κ2) is 5.29. The summed E-state index contributed by atoms with van der Waals surface area (Å²) in [5, 5.41) is 1.77. The zero-order valence-electron chi connectivity index (χ0n) is 10.3. The predicted octanol–water partition coefficient (Wildman–Crippen LogP) is -2.06. The van der Waals surface area contributed by atoms with Gasteiger partial charge in [-0.15, -0.1) is 0 Å². The number of carbonyl (C=O) groups is 3. The second-order valence-electron chi connectivity index (χ2n) is 3.79. The third-order valence-electron chi connectivity index (χ3n) is 2.31. The highest BCUT2D eigenvalue weighted by Crippen LogP contribution is 1.91. The quantitative estimate of drug-likeness (QED) is 0.608. The molecule has 1 heterocycles. The fourth-order valence-corrected chi connectivity index (χ4v) is 1.41. The van der Waals surface area contributed by atoms with E-state index in [2.05, 4.69) is 0 Å². The number of ketones is 1. The van der Waals surface area contributed by atoms with Gasteiger partial charge >= 0.3 is 11.7 Å². The number of aromatic nitrogens is 2. The lowest BCUT2D eigenvalue weighted by atomic mass is 10.2. The smallest absolute Gasteiger partial charge is 0.331 e. The Morgan fingerprint density at radius 3 is 2.37 bits per heavy atom. The van der Waals surface area contributed by atoms with Crippen molar-refractivity contribution in [2.75, 3.05) is 0 Å². The summed E-state index contributed by atoms with van der Waals surface area (Å²) < 4.78 is 1.55. The van der Waals surface area contributed by atoms with Crippen LogP contribution in [0.4, 0.5) is 4.79 Å². The largest absolute Gasteiger partial charge is 0.351 e. The van der Waals surface area contributed by atoms with E-state index < -0.39 is 35.5 Å². The molecule has 0 saturated carbocycles. The molecular formula is C10H12N4O5. The Kier molecular flexibility index (Phi) is 4.00. The van der Waals surface area contributed by atoms with E-state index in [9.17, 15) is 24.0 Å². The first-order valence-electron chi connectivity index (χ1n) is 5.14. The minimum atomic E-state index is -1.06. The van der Waals surface area contributed by atoms with Crippen molar-refractivity contribution in [2.45, 2.75) is 13.5 Å². The van der Waals surface area contributed by atoms with E-state index in [4.69, 9.17) is 5.73 Å². The molecule has 3 N–H and O–H groups in total. The molecule has 9 heteroatoms. The lowest BCUT2D eigenvalue weighted by Gasteiger charge is -2.08. The number of rotatable bonds is 3. The van der Waals surface area contributed by atoms with E-state index in [1.165, 1.54) is 7.05 Å². The number of primary amides is 1. The maximum Gasteiger partial charge on any atom is 0.331 e. The molecule has 1 rings (SSSR count). The van der Waals surface area contributed by atoms with Gasteiger partial charge in [0.2, 0.25) is 5.91 Å². The Hall–Kier alpha value is -2.71. The van der Waals surface area contributed by atoms with Crippen molar-refractivity contribution >= 4 is 17.7 Å². The minimum Gasteiger partial charge on any atom is -0.351 e. The lowest BCUT2D eigenvalue weighted by molar-refractivity contribution is -0.120. The summed E-state index contributed by atoms with van der Waals surface area (Å²) in [5.74, 6) is -1.37. The van der Waals surface area contributed by atoms with Gasteiger partial charge in [0.15, 0.2) is 5.78 Å². The molecule has 102 valence electrons. The van der Waals surface area contributed by atoms with Gasteiger partial charge in [0.25, 0.3) is 5.56 Å². The molecule has 0 unspecified atom stereocenters. The van der Waals surface area contributed by atoms with E-state index in [0.717, 1.165) is 17.7 Å². The van der Waals surface area contributed by atoms with Crippen LogP contribution in [0.15, 0.2) is 15.8 Å². The van der Waals surface area contributed by atoms with E-state index >= 15 is 0 Å². The van der Waals surface area contributed by atoms with Gasteiger partial charge in [0, 0.05) is 13.2 Å². The van der Waals surface area contributed by atoms with Crippen LogP contribution in [0.2, 0.25) is 0 Å². The summed E-state index contributed by atoms with van der Waals surface area (Å²) in [6.07, 6.45) is 0.980. The van der Waals surface area contributed by atoms with Gasteiger partial charge in [0.1, 0.15) is 6.54 Å². The van der Waals surface area contributed by atoms with Crippen molar-refractivity contribution in [3.8, 4) is 0 Å². The first-order chi connectivity index (χ1) is 8.73. The average Bonchev–Trinajstić information content (AvgIpc) is 2.28. The fraction of sp³-hybridized carbons (Fsp3) is 0.300. The third-order valence-corrected chi connectivity index (χ3v) is 2.31. The van der Waals surface area contributed by atoms with Crippen molar-refractivity contribution in [1.82, 2.24) is 14.5 Å². The number of amides is 3. The number of Topliss-reactive ketones (excluding diaryl/α,β-unsaturated/α-hetero) is 1. The molecule has 0 fully saturated rings. The Balaban J connectivity index is 3.26. The molecule has 1 aromatic heterocycles. The van der Waals surface area contributed by atoms with Crippen LogP contribution in [-0.4, -0.2) is 26.9 Å². The van der Waals surface area contributed by atoms with Gasteiger partial charge in [-0.05, 0) is 6.92 Å². The maximum absolute atomic E-state index is 11.7. The van der Waals surface area contributed by atoms with Gasteiger partial charge in [-0.3, -0.25) is 28.8 Å². The molecule has 0 aliphatic rings. The summed E-state index contributed by atoms with van der Waals surface area (Å²) >= 11 is 0. The number of hydrogen-bond donors (Lipinski definition) is 2. The molecule has 0 aromatic carbocycles. The lowest BCUT2D eigenvalue weighted by Crippen LogP contribution is -2.44. The van der Waals surface area contributed by atoms with Crippen molar-refractivity contribution in [2.24, 2.45) is 12.8 Å². The summed E-state index contributed by atoms with van der Waals surface area (Å²) in [6.45, 7) is 0.630. The summed E-state index contributed by atoms with van der Waals surface area (Å²) in [4.78, 5) is 56.3. The Bertz CT molecular complexity index is 669. The van der Waals surface area contributed by atoms with Crippen LogP contribution in [0.25, 0.3) is 0 Å². The van der Waals surface area contributed by atoms with Gasteiger partial charge in [-0.2, -0.15) is 0 Å². The van der Waals surface area contributed by atoms with Crippen LogP contribution in [0.3, 0.4) is 0 Å². The van der Waals surface area contributed by atoms with Crippen molar-refractivity contribution in [3.05, 3.63) is 32.6 Å². The number of urea groups is 1. The number of nitrogens with zero attached hydrogens (tertiary/aromatic N) is 2. The van der Waals surface area contributed by atoms with Crippen LogP contribution in [0.1, 0.15) is 17.3 Å². The first-order valence-corrected chi connectivity index (χ1v) is 5.14. The van der Waals surface area contributed by atoms with Crippen LogP contribution in [0.5, 0.6) is 0 Å². The Morgan fingerprint density at radius 2 is 1.89 bits per heavy atom. The molecule has 3 amide bonds. The molecular weight excluding hydrogens is 256 g/mol. The van der Waals surface area contributed by atoms with E-state index in [1.807, 2.05) is 0 Å². The molecule has 0 atom stereocenters. The van der Waals surface area contributed by atoms with Crippen LogP contribution in [-0.2, 0) is 18.4 Å². The second-order valence-corrected chi connectivity index (χ2v) is 3.79. The van der Waals surface area contributed by atoms with E-state index in [0.29, 0.717) is 4.57 Å². The summed E-state index contributed by atoms with van der Waals surface area (Å²) in [6, 6.07) is -1.06. The standard InChI is InChI=1S/C10H12N4O5/c1-5(15)6-3-14(4-7(16)12-9(11)18)10(19)13(2)8(6)17/h3H,4H2,1-2H3,(H3,11,12,16,18). The molecule has 9 nitrogen and oxygen atoms in total. The number of nitrogens with one attached hydrogen (secondary N) is 1. The minimum absolute atomic E-state index is 0.228. The number of nitrogens with two attached hydrogens (primary N) is 1. The van der Waals surface area contributed by atoms with Crippen molar-refractivity contribution < 1.29 is 14.4 Å². The van der Waals surface area contributed by atoms with Crippen molar-refractivity contribution in [3.63, 3.8) is 0 Å².